The van der Waals surface area contributed by atoms with E-state index in [1.165, 1.54) is 27.6 Å². The lowest BCUT2D eigenvalue weighted by Crippen LogP contribution is -2.12. The Kier molecular flexibility index (Phi) is 3.88. The average molecular weight is 284 g/mol. The highest BCUT2D eigenvalue weighted by Gasteiger charge is 2.22. The highest BCUT2D eigenvalue weighted by atomic mass is 32.2. The molecule has 1 aliphatic rings. The molecular weight excluding hydrogens is 264 g/mol. The highest BCUT2D eigenvalue weighted by molar-refractivity contribution is 7.99. The van der Waals surface area contributed by atoms with Crippen LogP contribution in [0.5, 0.6) is 0 Å². The minimum atomic E-state index is 0.615. The van der Waals surface area contributed by atoms with Crippen molar-refractivity contribution in [1.82, 2.24) is 0 Å². The van der Waals surface area contributed by atoms with Crippen molar-refractivity contribution in [2.24, 2.45) is 0 Å². The number of rotatable bonds is 4. The summed E-state index contributed by atoms with van der Waals surface area (Å²) in [6.45, 7) is 1.01. The molecule has 20 heavy (non-hydrogen) atoms. The normalized spacial score (nSPS) is 16.8. The topological polar surface area (TPSA) is 15.3 Å². The second kappa shape index (κ2) is 5.80. The Labute approximate surface area is 125 Å². The summed E-state index contributed by atoms with van der Waals surface area (Å²) in [4.78, 5) is 3.57. The van der Waals surface area contributed by atoms with Gasteiger partial charge in [0.15, 0.2) is 0 Å². The van der Waals surface area contributed by atoms with Gasteiger partial charge in [-0.15, -0.1) is 11.8 Å². The van der Waals surface area contributed by atoms with Crippen LogP contribution in [0.3, 0.4) is 0 Å². The van der Waals surface area contributed by atoms with Gasteiger partial charge in [-0.05, 0) is 35.9 Å². The predicted octanol–water partition coefficient (Wildman–Crippen LogP) is 4.05. The number of hydrogen-bond donors (Lipinski definition) is 1. The SMILES string of the molecule is CN(C)c1ccc(NCC2CSc3ccccc32)cc1. The number of hydrogen-bond acceptors (Lipinski definition) is 3. The highest BCUT2D eigenvalue weighted by Crippen LogP contribution is 2.39. The Hall–Kier alpha value is -1.61. The van der Waals surface area contributed by atoms with Crippen LogP contribution in [0.15, 0.2) is 53.4 Å². The van der Waals surface area contributed by atoms with Crippen molar-refractivity contribution in [1.29, 1.82) is 0 Å². The minimum Gasteiger partial charge on any atom is -0.384 e. The summed E-state index contributed by atoms with van der Waals surface area (Å²) >= 11 is 1.97. The summed E-state index contributed by atoms with van der Waals surface area (Å²) in [5.41, 5.74) is 3.93. The van der Waals surface area contributed by atoms with E-state index in [4.69, 9.17) is 0 Å². The lowest BCUT2D eigenvalue weighted by atomic mass is 10.0. The quantitative estimate of drug-likeness (QED) is 0.911. The summed E-state index contributed by atoms with van der Waals surface area (Å²) in [5.74, 6) is 1.80. The molecule has 1 heterocycles. The molecular formula is C17H20N2S. The zero-order valence-corrected chi connectivity index (χ0v) is 12.8. The Balaban J connectivity index is 1.63. The van der Waals surface area contributed by atoms with E-state index in [2.05, 4.69) is 72.8 Å². The third-order valence-corrected chi connectivity index (χ3v) is 4.99. The smallest absolute Gasteiger partial charge is 0.0362 e. The van der Waals surface area contributed by atoms with Gasteiger partial charge in [-0.1, -0.05) is 18.2 Å². The predicted molar refractivity (Wildman–Crippen MR) is 89.2 cm³/mol. The molecule has 0 saturated heterocycles. The van der Waals surface area contributed by atoms with Gasteiger partial charge >= 0.3 is 0 Å². The molecule has 2 aromatic rings. The summed E-state index contributed by atoms with van der Waals surface area (Å²) in [6.07, 6.45) is 0. The summed E-state index contributed by atoms with van der Waals surface area (Å²) < 4.78 is 0. The zero-order chi connectivity index (χ0) is 13.9. The maximum Gasteiger partial charge on any atom is 0.0362 e. The van der Waals surface area contributed by atoms with Crippen molar-refractivity contribution in [3.8, 4) is 0 Å². The van der Waals surface area contributed by atoms with Crippen LogP contribution in [0.4, 0.5) is 11.4 Å². The van der Waals surface area contributed by atoms with Gasteiger partial charge in [-0.2, -0.15) is 0 Å². The zero-order valence-electron chi connectivity index (χ0n) is 12.0. The first-order valence-electron chi connectivity index (χ1n) is 6.97. The van der Waals surface area contributed by atoms with Crippen molar-refractivity contribution < 1.29 is 0 Å². The molecule has 0 fully saturated rings. The van der Waals surface area contributed by atoms with E-state index in [0.29, 0.717) is 5.92 Å². The fourth-order valence-corrected chi connectivity index (χ4v) is 3.77. The van der Waals surface area contributed by atoms with Gasteiger partial charge in [0.1, 0.15) is 0 Å². The van der Waals surface area contributed by atoms with Crippen molar-refractivity contribution in [2.75, 3.05) is 36.6 Å². The average Bonchev–Trinajstić information content (AvgIpc) is 2.89. The van der Waals surface area contributed by atoms with Crippen LogP contribution >= 0.6 is 11.8 Å². The third kappa shape index (κ3) is 2.78. The summed E-state index contributed by atoms with van der Waals surface area (Å²) in [6, 6.07) is 17.4. The fraction of sp³-hybridized carbons (Fsp3) is 0.294. The number of nitrogens with one attached hydrogen (secondary N) is 1. The molecule has 0 aliphatic carbocycles. The van der Waals surface area contributed by atoms with Crippen LogP contribution in [0.1, 0.15) is 11.5 Å². The van der Waals surface area contributed by atoms with Gasteiger partial charge in [-0.3, -0.25) is 0 Å². The van der Waals surface area contributed by atoms with Crippen molar-refractivity contribution >= 4 is 23.1 Å². The molecule has 0 amide bonds. The Bertz CT molecular complexity index is 578. The number of fused-ring (bicyclic) bond motifs is 1. The summed E-state index contributed by atoms with van der Waals surface area (Å²) in [7, 11) is 4.13. The fourth-order valence-electron chi connectivity index (χ4n) is 2.52. The first-order valence-corrected chi connectivity index (χ1v) is 7.95. The first-order chi connectivity index (χ1) is 9.74. The maximum absolute atomic E-state index is 3.56. The van der Waals surface area contributed by atoms with E-state index < -0.39 is 0 Å². The van der Waals surface area contributed by atoms with Crippen molar-refractivity contribution in [2.45, 2.75) is 10.8 Å². The van der Waals surface area contributed by atoms with Crippen molar-refractivity contribution in [3.63, 3.8) is 0 Å². The molecule has 0 spiro atoms. The standard InChI is InChI=1S/C17H20N2S/c1-19(2)15-9-7-14(8-10-15)18-11-13-12-20-17-6-4-3-5-16(13)17/h3-10,13,18H,11-12H2,1-2H3. The second-order valence-electron chi connectivity index (χ2n) is 5.37. The minimum absolute atomic E-state index is 0.615. The molecule has 0 bridgehead atoms. The first kappa shape index (κ1) is 13.4. The van der Waals surface area contributed by atoms with Crippen LogP contribution in [0, 0.1) is 0 Å². The van der Waals surface area contributed by atoms with Crippen LogP contribution < -0.4 is 10.2 Å². The van der Waals surface area contributed by atoms with Crippen molar-refractivity contribution in [3.05, 3.63) is 54.1 Å². The molecule has 3 rings (SSSR count). The molecule has 104 valence electrons. The van der Waals surface area contributed by atoms with E-state index >= 15 is 0 Å². The Morgan fingerprint density at radius 2 is 1.85 bits per heavy atom. The van der Waals surface area contributed by atoms with Crippen LogP contribution in [-0.4, -0.2) is 26.4 Å². The van der Waals surface area contributed by atoms with Gasteiger partial charge in [0.05, 0.1) is 0 Å². The van der Waals surface area contributed by atoms with Gasteiger partial charge < -0.3 is 10.2 Å². The molecule has 0 aromatic heterocycles. The van der Waals surface area contributed by atoms with E-state index in [0.717, 1.165) is 6.54 Å². The summed E-state index contributed by atoms with van der Waals surface area (Å²) in [5, 5.41) is 3.56. The maximum atomic E-state index is 3.56. The molecule has 1 N–H and O–H groups in total. The molecule has 1 atom stereocenters. The lowest BCUT2D eigenvalue weighted by molar-refractivity contribution is 0.819. The monoisotopic (exact) mass is 284 g/mol. The van der Waals surface area contributed by atoms with E-state index in [1.807, 2.05) is 11.8 Å². The van der Waals surface area contributed by atoms with E-state index in [9.17, 15) is 0 Å². The molecule has 2 nitrogen and oxygen atoms in total. The Morgan fingerprint density at radius 1 is 1.10 bits per heavy atom. The van der Waals surface area contributed by atoms with Gasteiger partial charge in [-0.25, -0.2) is 0 Å². The lowest BCUT2D eigenvalue weighted by Gasteiger charge is -2.15. The van der Waals surface area contributed by atoms with E-state index in [1.54, 1.807) is 0 Å². The molecule has 0 saturated carbocycles. The second-order valence-corrected chi connectivity index (χ2v) is 6.43. The van der Waals surface area contributed by atoms with Gasteiger partial charge in [0.25, 0.3) is 0 Å². The molecule has 1 unspecified atom stereocenters. The van der Waals surface area contributed by atoms with Crippen LogP contribution in [-0.2, 0) is 0 Å². The number of nitrogens with zero attached hydrogens (tertiary/aromatic N) is 1. The largest absolute Gasteiger partial charge is 0.384 e. The number of anilines is 2. The van der Waals surface area contributed by atoms with Gasteiger partial charge in [0, 0.05) is 48.6 Å². The van der Waals surface area contributed by atoms with Crippen LogP contribution in [0.25, 0.3) is 0 Å². The molecule has 1 aliphatic heterocycles. The molecule has 2 aromatic carbocycles. The number of thioether (sulfide) groups is 1. The Morgan fingerprint density at radius 3 is 2.60 bits per heavy atom. The van der Waals surface area contributed by atoms with Gasteiger partial charge in [0.2, 0.25) is 0 Å². The third-order valence-electron chi connectivity index (χ3n) is 3.74. The van der Waals surface area contributed by atoms with Crippen LogP contribution in [0.2, 0.25) is 0 Å². The van der Waals surface area contributed by atoms with E-state index in [-0.39, 0.29) is 0 Å². The molecule has 0 radical (unpaired) electrons. The number of benzene rings is 2. The molecule has 3 heteroatoms.